The quantitative estimate of drug-likeness (QED) is 0.940. The summed E-state index contributed by atoms with van der Waals surface area (Å²) in [4.78, 5) is 0.471. The first kappa shape index (κ1) is 15.0. The Kier molecular flexibility index (Phi) is 4.14. The van der Waals surface area contributed by atoms with E-state index in [-0.39, 0.29) is 0 Å². The number of hydrogen-bond donors (Lipinski definition) is 1. The van der Waals surface area contributed by atoms with Crippen molar-refractivity contribution in [3.05, 3.63) is 75.7 Å². The van der Waals surface area contributed by atoms with Crippen LogP contribution in [0.1, 0.15) is 28.7 Å². The molecule has 3 nitrogen and oxygen atoms in total. The highest BCUT2D eigenvalue weighted by molar-refractivity contribution is 7.93. The maximum absolute atomic E-state index is 12.5. The third-order valence-corrected chi connectivity index (χ3v) is 5.48. The molecule has 2 aromatic rings. The van der Waals surface area contributed by atoms with E-state index in [1.165, 1.54) is 11.1 Å². The smallest absolute Gasteiger partial charge is 0.207 e. The van der Waals surface area contributed by atoms with Gasteiger partial charge in [0, 0.05) is 6.54 Å². The molecule has 0 radical (unpaired) electrons. The van der Waals surface area contributed by atoms with Crippen LogP contribution in [0.15, 0.2) is 53.4 Å². The molecular weight excluding hydrogens is 294 g/mol. The largest absolute Gasteiger partial charge is 0.237 e. The summed E-state index contributed by atoms with van der Waals surface area (Å²) in [6.45, 7) is 2.33. The van der Waals surface area contributed by atoms with E-state index >= 15 is 0 Å². The molecule has 1 aliphatic carbocycles. The molecule has 0 atom stereocenters. The molecule has 0 unspecified atom stereocenters. The summed E-state index contributed by atoms with van der Waals surface area (Å²) in [5.41, 5.74) is 4.34. The lowest BCUT2D eigenvalue weighted by Gasteiger charge is -2.17. The fourth-order valence-corrected chi connectivity index (χ4v) is 3.79. The fourth-order valence-electron chi connectivity index (χ4n) is 2.60. The van der Waals surface area contributed by atoms with Gasteiger partial charge in [-0.1, -0.05) is 54.1 Å². The van der Waals surface area contributed by atoms with Crippen LogP contribution in [0.25, 0.3) is 6.08 Å². The number of hydrogen-bond acceptors (Lipinski definition) is 2. The molecule has 0 fully saturated rings. The Labute approximate surface area is 131 Å². The second-order valence-corrected chi connectivity index (χ2v) is 7.44. The van der Waals surface area contributed by atoms with Crippen molar-refractivity contribution in [3.63, 3.8) is 0 Å². The van der Waals surface area contributed by atoms with Gasteiger partial charge in [0.25, 0.3) is 0 Å². The lowest BCUT2D eigenvalue weighted by molar-refractivity contribution is 0.585. The maximum Gasteiger partial charge on any atom is 0.237 e. The molecule has 2 aromatic carbocycles. The van der Waals surface area contributed by atoms with Gasteiger partial charge in [-0.25, -0.2) is 13.1 Å². The van der Waals surface area contributed by atoms with Gasteiger partial charge in [-0.2, -0.15) is 0 Å². The maximum atomic E-state index is 12.5. The first-order valence-electron chi connectivity index (χ1n) is 7.38. The summed E-state index contributed by atoms with van der Waals surface area (Å²) < 4.78 is 27.6. The van der Waals surface area contributed by atoms with Crippen molar-refractivity contribution >= 4 is 16.1 Å². The zero-order valence-electron chi connectivity index (χ0n) is 12.5. The van der Waals surface area contributed by atoms with Crippen molar-refractivity contribution in [2.24, 2.45) is 0 Å². The van der Waals surface area contributed by atoms with Gasteiger partial charge in [-0.05, 0) is 42.5 Å². The Balaban J connectivity index is 1.76. The summed E-state index contributed by atoms with van der Waals surface area (Å²) in [7, 11) is -3.42. The van der Waals surface area contributed by atoms with E-state index in [1.54, 1.807) is 6.08 Å². The standard InChI is InChI=1S/C18H19NO2S/c1-14-6-8-15(9-7-14)13-19-22(20,21)18-11-10-16-4-2-3-5-17(16)12-18/h2-9,12,19H,10-11,13H2,1H3. The van der Waals surface area contributed by atoms with E-state index in [2.05, 4.69) is 10.8 Å². The Bertz CT molecular complexity index is 805. The van der Waals surface area contributed by atoms with Crippen molar-refractivity contribution in [1.29, 1.82) is 0 Å². The van der Waals surface area contributed by atoms with E-state index in [1.807, 2.05) is 49.4 Å². The van der Waals surface area contributed by atoms with Crippen molar-refractivity contribution < 1.29 is 8.42 Å². The first-order valence-corrected chi connectivity index (χ1v) is 8.87. The van der Waals surface area contributed by atoms with Gasteiger partial charge in [0.15, 0.2) is 0 Å². The lowest BCUT2D eigenvalue weighted by Crippen LogP contribution is -2.25. The average molecular weight is 313 g/mol. The van der Waals surface area contributed by atoms with Gasteiger partial charge >= 0.3 is 0 Å². The molecule has 0 aromatic heterocycles. The lowest BCUT2D eigenvalue weighted by atomic mass is 9.98. The molecule has 0 spiro atoms. The number of sulfonamides is 1. The van der Waals surface area contributed by atoms with Crippen LogP contribution < -0.4 is 4.72 Å². The number of nitrogens with one attached hydrogen (secondary N) is 1. The Morgan fingerprint density at radius 2 is 1.73 bits per heavy atom. The summed E-state index contributed by atoms with van der Waals surface area (Å²) in [5.74, 6) is 0. The van der Waals surface area contributed by atoms with E-state index in [9.17, 15) is 8.42 Å². The minimum absolute atomic E-state index is 0.321. The van der Waals surface area contributed by atoms with Crippen LogP contribution in [0.3, 0.4) is 0 Å². The van der Waals surface area contributed by atoms with Crippen molar-refractivity contribution in [2.75, 3.05) is 0 Å². The highest BCUT2D eigenvalue weighted by Crippen LogP contribution is 2.26. The zero-order valence-corrected chi connectivity index (χ0v) is 13.4. The minimum atomic E-state index is -3.42. The molecule has 0 bridgehead atoms. The summed E-state index contributed by atoms with van der Waals surface area (Å²) in [6.07, 6.45) is 3.12. The summed E-state index contributed by atoms with van der Waals surface area (Å²) >= 11 is 0. The van der Waals surface area contributed by atoms with E-state index in [0.29, 0.717) is 17.9 Å². The number of aryl methyl sites for hydroxylation is 2. The van der Waals surface area contributed by atoms with Crippen LogP contribution in [0.5, 0.6) is 0 Å². The number of allylic oxidation sites excluding steroid dienone is 1. The second-order valence-electron chi connectivity index (χ2n) is 5.62. The van der Waals surface area contributed by atoms with Gasteiger partial charge in [0.1, 0.15) is 0 Å². The number of rotatable bonds is 4. The third kappa shape index (κ3) is 3.29. The minimum Gasteiger partial charge on any atom is -0.207 e. The second kappa shape index (κ2) is 6.07. The molecule has 22 heavy (non-hydrogen) atoms. The highest BCUT2D eigenvalue weighted by atomic mass is 32.2. The van der Waals surface area contributed by atoms with Gasteiger partial charge in [-0.15, -0.1) is 0 Å². The van der Waals surface area contributed by atoms with Gasteiger partial charge in [-0.3, -0.25) is 0 Å². The highest BCUT2D eigenvalue weighted by Gasteiger charge is 2.21. The van der Waals surface area contributed by atoms with E-state index in [0.717, 1.165) is 17.5 Å². The zero-order chi connectivity index (χ0) is 15.6. The molecule has 1 aliphatic rings. The molecule has 0 heterocycles. The van der Waals surface area contributed by atoms with Gasteiger partial charge < -0.3 is 0 Å². The Morgan fingerprint density at radius 1 is 1.00 bits per heavy atom. The molecule has 4 heteroatoms. The fraction of sp³-hybridized carbons (Fsp3) is 0.222. The van der Waals surface area contributed by atoms with Crippen molar-refractivity contribution in [2.45, 2.75) is 26.3 Å². The van der Waals surface area contributed by atoms with Crippen molar-refractivity contribution in [1.82, 2.24) is 4.72 Å². The van der Waals surface area contributed by atoms with Crippen molar-refractivity contribution in [3.8, 4) is 0 Å². The third-order valence-electron chi connectivity index (χ3n) is 3.94. The monoisotopic (exact) mass is 313 g/mol. The molecule has 1 N–H and O–H groups in total. The molecule has 0 aliphatic heterocycles. The molecular formula is C18H19NO2S. The van der Waals surface area contributed by atoms with Gasteiger partial charge in [0.05, 0.1) is 4.91 Å². The first-order chi connectivity index (χ1) is 10.5. The van der Waals surface area contributed by atoms with Crippen LogP contribution >= 0.6 is 0 Å². The van der Waals surface area contributed by atoms with Crippen LogP contribution in [0.4, 0.5) is 0 Å². The number of benzene rings is 2. The van der Waals surface area contributed by atoms with Crippen LogP contribution in [0.2, 0.25) is 0 Å². The normalized spacial score (nSPS) is 14.3. The Hall–Kier alpha value is -1.91. The summed E-state index contributed by atoms with van der Waals surface area (Å²) in [5, 5.41) is 0. The Morgan fingerprint density at radius 3 is 2.50 bits per heavy atom. The van der Waals surface area contributed by atoms with Gasteiger partial charge in [0.2, 0.25) is 10.0 Å². The molecule has 114 valence electrons. The van der Waals surface area contributed by atoms with Crippen LogP contribution in [-0.2, 0) is 23.0 Å². The molecule has 0 saturated heterocycles. The van der Waals surface area contributed by atoms with Crippen LogP contribution in [-0.4, -0.2) is 8.42 Å². The summed E-state index contributed by atoms with van der Waals surface area (Å²) in [6, 6.07) is 15.8. The molecule has 0 amide bonds. The van der Waals surface area contributed by atoms with Crippen LogP contribution in [0, 0.1) is 6.92 Å². The predicted molar refractivity (Wildman–Crippen MR) is 89.7 cm³/mol. The van der Waals surface area contributed by atoms with E-state index in [4.69, 9.17) is 0 Å². The topological polar surface area (TPSA) is 46.2 Å². The predicted octanol–water partition coefficient (Wildman–Crippen LogP) is 3.40. The molecule has 0 saturated carbocycles. The molecule has 3 rings (SSSR count). The number of fused-ring (bicyclic) bond motifs is 1. The SMILES string of the molecule is Cc1ccc(CNS(=O)(=O)C2=Cc3ccccc3CC2)cc1. The average Bonchev–Trinajstić information content (AvgIpc) is 2.54. The van der Waals surface area contributed by atoms with E-state index < -0.39 is 10.0 Å².